The van der Waals surface area contributed by atoms with Gasteiger partial charge in [0, 0.05) is 40.0 Å². The Balaban J connectivity index is 1.87. The van der Waals surface area contributed by atoms with E-state index in [1.165, 1.54) is 0 Å². The molecule has 0 aromatic carbocycles. The summed E-state index contributed by atoms with van der Waals surface area (Å²) in [6.45, 7) is 7.18. The van der Waals surface area contributed by atoms with Crippen LogP contribution in [-0.4, -0.2) is 49.9 Å². The zero-order valence-electron chi connectivity index (χ0n) is 13.0. The maximum Gasteiger partial charge on any atom is 0.227 e. The van der Waals surface area contributed by atoms with Gasteiger partial charge in [-0.1, -0.05) is 13.8 Å². The smallest absolute Gasteiger partial charge is 0.227 e. The van der Waals surface area contributed by atoms with E-state index in [4.69, 9.17) is 4.74 Å². The second kappa shape index (κ2) is 6.88. The Morgan fingerprint density at radius 1 is 1.45 bits per heavy atom. The molecular weight excluding hydrogens is 252 g/mol. The Morgan fingerprint density at radius 3 is 2.95 bits per heavy atom. The summed E-state index contributed by atoms with van der Waals surface area (Å²) in [6.07, 6.45) is 4.34. The lowest BCUT2D eigenvalue weighted by Crippen LogP contribution is -2.25. The summed E-state index contributed by atoms with van der Waals surface area (Å²) in [5.41, 5.74) is 0. The Hall–Kier alpha value is -1.36. The molecule has 1 aliphatic heterocycles. The quantitative estimate of drug-likeness (QED) is 0.798. The molecule has 1 saturated heterocycles. The first-order valence-electron chi connectivity index (χ1n) is 7.43. The van der Waals surface area contributed by atoms with Crippen LogP contribution in [0.15, 0.2) is 12.3 Å². The highest BCUT2D eigenvalue weighted by atomic mass is 16.5. The van der Waals surface area contributed by atoms with E-state index in [9.17, 15) is 0 Å². The number of hydrogen-bond donors (Lipinski definition) is 0. The van der Waals surface area contributed by atoms with Crippen LogP contribution in [0, 0.1) is 5.92 Å². The monoisotopic (exact) mass is 278 g/mol. The average Bonchev–Trinajstić information content (AvgIpc) is 2.87. The lowest BCUT2D eigenvalue weighted by molar-refractivity contribution is 0.0608. The van der Waals surface area contributed by atoms with Crippen molar-refractivity contribution in [1.29, 1.82) is 0 Å². The summed E-state index contributed by atoms with van der Waals surface area (Å²) in [4.78, 5) is 13.2. The molecule has 0 spiro atoms. The number of rotatable bonds is 6. The molecule has 1 aliphatic rings. The first kappa shape index (κ1) is 15.0. The van der Waals surface area contributed by atoms with Crippen LogP contribution in [0.5, 0.6) is 0 Å². The molecule has 0 unspecified atom stereocenters. The molecule has 1 fully saturated rings. The molecule has 5 nitrogen and oxygen atoms in total. The molecule has 112 valence electrons. The van der Waals surface area contributed by atoms with E-state index in [2.05, 4.69) is 28.7 Å². The van der Waals surface area contributed by atoms with Gasteiger partial charge in [0.2, 0.25) is 5.95 Å². The normalized spacial score (nSPS) is 18.9. The molecule has 0 N–H and O–H groups in total. The van der Waals surface area contributed by atoms with E-state index in [-0.39, 0.29) is 0 Å². The number of aromatic nitrogens is 2. The van der Waals surface area contributed by atoms with Crippen LogP contribution in [-0.2, 0) is 4.74 Å². The van der Waals surface area contributed by atoms with Gasteiger partial charge in [0.15, 0.2) is 0 Å². The largest absolute Gasteiger partial charge is 0.376 e. The van der Waals surface area contributed by atoms with Gasteiger partial charge < -0.3 is 14.5 Å². The van der Waals surface area contributed by atoms with Crippen LogP contribution in [0.1, 0.15) is 26.7 Å². The Bertz CT molecular complexity index is 422. The third-order valence-corrected chi connectivity index (χ3v) is 3.56. The summed E-state index contributed by atoms with van der Waals surface area (Å²) < 4.78 is 5.94. The van der Waals surface area contributed by atoms with Gasteiger partial charge >= 0.3 is 0 Å². The fraction of sp³-hybridized carbons (Fsp3) is 0.733. The van der Waals surface area contributed by atoms with Gasteiger partial charge in [0.1, 0.15) is 5.82 Å². The summed E-state index contributed by atoms with van der Waals surface area (Å²) in [7, 11) is 3.99. The van der Waals surface area contributed by atoms with Crippen molar-refractivity contribution in [3.63, 3.8) is 0 Å². The van der Waals surface area contributed by atoms with Crippen molar-refractivity contribution in [2.75, 3.05) is 43.6 Å². The maximum atomic E-state index is 5.94. The molecule has 1 atom stereocenters. The number of nitrogens with zero attached hydrogens (tertiary/aromatic N) is 4. The standard InChI is InChI=1S/C15H26N4O/c1-12(2)7-10-20-13-6-9-19(11-13)15-16-8-5-14(17-15)18(3)4/h5,8,12-13H,6-7,9-11H2,1-4H3/t13-/m1/s1. The van der Waals surface area contributed by atoms with E-state index < -0.39 is 0 Å². The minimum atomic E-state index is 0.320. The third-order valence-electron chi connectivity index (χ3n) is 3.56. The molecule has 0 saturated carbocycles. The van der Waals surface area contributed by atoms with Crippen LogP contribution in [0.3, 0.4) is 0 Å². The molecule has 1 aromatic heterocycles. The van der Waals surface area contributed by atoms with E-state index in [0.29, 0.717) is 12.0 Å². The molecule has 5 heteroatoms. The summed E-state index contributed by atoms with van der Waals surface area (Å²) in [5, 5.41) is 0. The highest BCUT2D eigenvalue weighted by molar-refractivity contribution is 5.43. The van der Waals surface area contributed by atoms with Crippen LogP contribution >= 0.6 is 0 Å². The Labute approximate surface area is 122 Å². The number of hydrogen-bond acceptors (Lipinski definition) is 5. The fourth-order valence-corrected chi connectivity index (χ4v) is 2.26. The molecule has 0 bridgehead atoms. The van der Waals surface area contributed by atoms with Gasteiger partial charge in [-0.2, -0.15) is 4.98 Å². The van der Waals surface area contributed by atoms with Crippen molar-refractivity contribution in [2.45, 2.75) is 32.8 Å². The Kier molecular flexibility index (Phi) is 5.17. The van der Waals surface area contributed by atoms with Crippen molar-refractivity contribution >= 4 is 11.8 Å². The summed E-state index contributed by atoms with van der Waals surface area (Å²) in [6, 6.07) is 1.93. The van der Waals surface area contributed by atoms with Gasteiger partial charge in [-0.3, -0.25) is 0 Å². The van der Waals surface area contributed by atoms with Crippen molar-refractivity contribution in [1.82, 2.24) is 9.97 Å². The second-order valence-corrected chi connectivity index (χ2v) is 6.02. The molecule has 20 heavy (non-hydrogen) atoms. The van der Waals surface area contributed by atoms with Gasteiger partial charge in [-0.05, 0) is 24.8 Å². The molecule has 0 radical (unpaired) electrons. The molecule has 2 heterocycles. The number of ether oxygens (including phenoxy) is 1. The fourth-order valence-electron chi connectivity index (χ4n) is 2.26. The maximum absolute atomic E-state index is 5.94. The van der Waals surface area contributed by atoms with Crippen molar-refractivity contribution in [3.05, 3.63) is 12.3 Å². The predicted molar refractivity (Wildman–Crippen MR) is 82.4 cm³/mol. The molecule has 2 rings (SSSR count). The minimum Gasteiger partial charge on any atom is -0.376 e. The highest BCUT2D eigenvalue weighted by Gasteiger charge is 2.25. The van der Waals surface area contributed by atoms with Crippen LogP contribution in [0.25, 0.3) is 0 Å². The zero-order valence-corrected chi connectivity index (χ0v) is 13.0. The molecule has 0 amide bonds. The highest BCUT2D eigenvalue weighted by Crippen LogP contribution is 2.20. The Morgan fingerprint density at radius 2 is 2.25 bits per heavy atom. The molecule has 0 aliphatic carbocycles. The van der Waals surface area contributed by atoms with Crippen molar-refractivity contribution < 1.29 is 4.74 Å². The molecule has 1 aromatic rings. The molecular formula is C15H26N4O. The zero-order chi connectivity index (χ0) is 14.5. The van der Waals surface area contributed by atoms with E-state index in [1.54, 1.807) is 0 Å². The van der Waals surface area contributed by atoms with E-state index in [0.717, 1.165) is 44.3 Å². The topological polar surface area (TPSA) is 41.5 Å². The lowest BCUT2D eigenvalue weighted by atomic mass is 10.1. The van der Waals surface area contributed by atoms with Gasteiger partial charge in [-0.25, -0.2) is 4.98 Å². The first-order valence-corrected chi connectivity index (χ1v) is 7.43. The van der Waals surface area contributed by atoms with Gasteiger partial charge in [-0.15, -0.1) is 0 Å². The third kappa shape index (κ3) is 4.07. The van der Waals surface area contributed by atoms with Crippen LogP contribution in [0.4, 0.5) is 11.8 Å². The lowest BCUT2D eigenvalue weighted by Gasteiger charge is -2.19. The first-order chi connectivity index (χ1) is 9.56. The summed E-state index contributed by atoms with van der Waals surface area (Å²) in [5.74, 6) is 2.46. The SMILES string of the molecule is CC(C)CCO[C@@H]1CCN(c2nccc(N(C)C)n2)C1. The van der Waals surface area contributed by atoms with Gasteiger partial charge in [0.05, 0.1) is 6.10 Å². The van der Waals surface area contributed by atoms with E-state index >= 15 is 0 Å². The van der Waals surface area contributed by atoms with Gasteiger partial charge in [0.25, 0.3) is 0 Å². The number of anilines is 2. The minimum absolute atomic E-state index is 0.320. The summed E-state index contributed by atoms with van der Waals surface area (Å²) >= 11 is 0. The van der Waals surface area contributed by atoms with Crippen molar-refractivity contribution in [2.24, 2.45) is 5.92 Å². The second-order valence-electron chi connectivity index (χ2n) is 6.02. The van der Waals surface area contributed by atoms with Crippen LogP contribution in [0.2, 0.25) is 0 Å². The predicted octanol–water partition coefficient (Wildman–Crippen LogP) is 2.18. The van der Waals surface area contributed by atoms with E-state index in [1.807, 2.05) is 31.3 Å². The van der Waals surface area contributed by atoms with Crippen LogP contribution < -0.4 is 9.80 Å². The van der Waals surface area contributed by atoms with Crippen molar-refractivity contribution in [3.8, 4) is 0 Å². The average molecular weight is 278 g/mol.